The predicted octanol–water partition coefficient (Wildman–Crippen LogP) is 3.37. The summed E-state index contributed by atoms with van der Waals surface area (Å²) < 4.78 is 6.62. The van der Waals surface area contributed by atoms with E-state index in [1.165, 1.54) is 30.6 Å². The van der Waals surface area contributed by atoms with E-state index >= 15 is 0 Å². The van der Waals surface area contributed by atoms with Crippen LogP contribution >= 0.6 is 23.6 Å². The molecule has 1 saturated carbocycles. The van der Waals surface area contributed by atoms with Gasteiger partial charge in [0, 0.05) is 17.1 Å². The molecule has 1 aromatic rings. The monoisotopic (exact) mass is 328 g/mol. The van der Waals surface area contributed by atoms with Crippen molar-refractivity contribution in [1.82, 2.24) is 10.3 Å². The summed E-state index contributed by atoms with van der Waals surface area (Å²) in [4.78, 5) is 16.0. The number of ether oxygens (including phenoxy) is 1. The maximum absolute atomic E-state index is 11.9. The molecule has 0 spiro atoms. The predicted molar refractivity (Wildman–Crippen MR) is 88.3 cm³/mol. The Hall–Kier alpha value is -0.720. The van der Waals surface area contributed by atoms with E-state index in [4.69, 9.17) is 17.0 Å². The van der Waals surface area contributed by atoms with Crippen molar-refractivity contribution < 1.29 is 9.53 Å². The second-order valence-corrected chi connectivity index (χ2v) is 7.53. The number of thiazole rings is 1. The Labute approximate surface area is 135 Å². The summed E-state index contributed by atoms with van der Waals surface area (Å²) in [7, 11) is 0. The number of aromatic amines is 1. The number of rotatable bonds is 6. The van der Waals surface area contributed by atoms with Gasteiger partial charge in [-0.05, 0) is 37.9 Å². The minimum atomic E-state index is 0.0312. The van der Waals surface area contributed by atoms with Crippen LogP contribution in [0.2, 0.25) is 0 Å². The van der Waals surface area contributed by atoms with Crippen molar-refractivity contribution in [2.45, 2.75) is 52.1 Å². The van der Waals surface area contributed by atoms with E-state index in [1.807, 2.05) is 6.92 Å². The number of hydrogen-bond acceptors (Lipinski definition) is 4. The molecule has 0 radical (unpaired) electrons. The van der Waals surface area contributed by atoms with Crippen LogP contribution in [0, 0.1) is 16.8 Å². The molecule has 1 aromatic heterocycles. The summed E-state index contributed by atoms with van der Waals surface area (Å²) >= 11 is 6.55. The summed E-state index contributed by atoms with van der Waals surface area (Å²) in [6.45, 7) is 5.38. The fraction of sp³-hybridized carbons (Fsp3) is 0.733. The second kappa shape index (κ2) is 8.06. The van der Waals surface area contributed by atoms with Crippen molar-refractivity contribution in [2.75, 3.05) is 13.2 Å². The quantitative estimate of drug-likeness (QED) is 0.622. The zero-order valence-electron chi connectivity index (χ0n) is 12.7. The zero-order valence-corrected chi connectivity index (χ0v) is 14.4. The van der Waals surface area contributed by atoms with Crippen LogP contribution in [0.5, 0.6) is 0 Å². The maximum Gasteiger partial charge on any atom is 0.225 e. The van der Waals surface area contributed by atoms with Gasteiger partial charge in [0.1, 0.15) is 0 Å². The molecule has 6 heteroatoms. The average Bonchev–Trinajstić information content (AvgIpc) is 2.75. The lowest BCUT2D eigenvalue weighted by atomic mass is 9.88. The smallest absolute Gasteiger partial charge is 0.225 e. The number of aryl methyl sites for hydroxylation is 1. The number of carbonyl (C=O) groups excluding carboxylic acids is 1. The van der Waals surface area contributed by atoms with E-state index in [1.54, 1.807) is 0 Å². The Bertz CT molecular complexity index is 524. The van der Waals surface area contributed by atoms with E-state index < -0.39 is 0 Å². The van der Waals surface area contributed by atoms with Crippen molar-refractivity contribution in [3.63, 3.8) is 0 Å². The molecule has 118 valence electrons. The largest absolute Gasteiger partial charge is 0.376 e. The van der Waals surface area contributed by atoms with E-state index in [-0.39, 0.29) is 5.91 Å². The van der Waals surface area contributed by atoms with Crippen molar-refractivity contribution in [3.8, 4) is 0 Å². The van der Waals surface area contributed by atoms with Crippen LogP contribution in [0.4, 0.5) is 0 Å². The molecular weight excluding hydrogens is 304 g/mol. The van der Waals surface area contributed by atoms with Crippen molar-refractivity contribution in [2.24, 2.45) is 5.92 Å². The fourth-order valence-corrected chi connectivity index (χ4v) is 4.03. The summed E-state index contributed by atoms with van der Waals surface area (Å²) in [5, 5.41) is 2.92. The lowest BCUT2D eigenvalue weighted by Gasteiger charge is -2.28. The number of nitrogens with one attached hydrogen (secondary N) is 2. The zero-order chi connectivity index (χ0) is 15.2. The highest BCUT2D eigenvalue weighted by Gasteiger charge is 2.21. The Balaban J connectivity index is 1.65. The van der Waals surface area contributed by atoms with Crippen molar-refractivity contribution >= 4 is 29.5 Å². The van der Waals surface area contributed by atoms with Gasteiger partial charge in [-0.15, -0.1) is 11.3 Å². The molecule has 21 heavy (non-hydrogen) atoms. The van der Waals surface area contributed by atoms with Crippen LogP contribution < -0.4 is 5.32 Å². The standard InChI is InChI=1S/C15H24N2O2S2/c1-10-5-3-4-6-12(10)19-8-7-16-14(18)9-13-11(2)17-15(20)21-13/h10,12H,3-9H2,1-2H3,(H,16,18)(H,17,20)/t10-,12-/m1/s1. The summed E-state index contributed by atoms with van der Waals surface area (Å²) in [5.74, 6) is 0.674. The first-order chi connectivity index (χ1) is 10.1. The van der Waals surface area contributed by atoms with Gasteiger partial charge in [0.2, 0.25) is 5.91 Å². The number of amides is 1. The van der Waals surface area contributed by atoms with E-state index in [0.29, 0.717) is 31.6 Å². The second-order valence-electron chi connectivity index (χ2n) is 5.76. The highest BCUT2D eigenvalue weighted by atomic mass is 32.1. The van der Waals surface area contributed by atoms with Crippen molar-refractivity contribution in [3.05, 3.63) is 14.5 Å². The van der Waals surface area contributed by atoms with Crippen LogP contribution in [-0.2, 0) is 16.0 Å². The Kier molecular flexibility index (Phi) is 6.39. The molecule has 1 aliphatic rings. The Morgan fingerprint density at radius 3 is 2.90 bits per heavy atom. The van der Waals surface area contributed by atoms with Gasteiger partial charge in [-0.1, -0.05) is 19.8 Å². The van der Waals surface area contributed by atoms with Crippen molar-refractivity contribution in [1.29, 1.82) is 0 Å². The molecule has 4 nitrogen and oxygen atoms in total. The molecule has 2 N–H and O–H groups in total. The number of H-pyrrole nitrogens is 1. The Morgan fingerprint density at radius 2 is 2.24 bits per heavy atom. The number of hydrogen-bond donors (Lipinski definition) is 2. The van der Waals surface area contributed by atoms with E-state index in [9.17, 15) is 4.79 Å². The summed E-state index contributed by atoms with van der Waals surface area (Å²) in [5.41, 5.74) is 0.993. The molecule has 0 aliphatic heterocycles. The topological polar surface area (TPSA) is 54.1 Å². The molecule has 2 atom stereocenters. The van der Waals surface area contributed by atoms with Crippen LogP contribution in [0.15, 0.2) is 0 Å². The van der Waals surface area contributed by atoms with E-state index in [2.05, 4.69) is 17.2 Å². The summed E-state index contributed by atoms with van der Waals surface area (Å²) in [6, 6.07) is 0. The van der Waals surface area contributed by atoms with Gasteiger partial charge in [-0.2, -0.15) is 0 Å². The highest BCUT2D eigenvalue weighted by molar-refractivity contribution is 7.73. The minimum Gasteiger partial charge on any atom is -0.376 e. The molecule has 1 aliphatic carbocycles. The molecule has 0 unspecified atom stereocenters. The molecule has 2 rings (SSSR count). The van der Waals surface area contributed by atoms with Gasteiger partial charge in [0.15, 0.2) is 3.95 Å². The lowest BCUT2D eigenvalue weighted by Crippen LogP contribution is -2.32. The molecule has 1 heterocycles. The number of aromatic nitrogens is 1. The van der Waals surface area contributed by atoms with Gasteiger partial charge in [0.05, 0.1) is 19.1 Å². The molecular formula is C15H24N2O2S2. The van der Waals surface area contributed by atoms with Gasteiger partial charge in [-0.25, -0.2) is 0 Å². The first-order valence-electron chi connectivity index (χ1n) is 7.63. The van der Waals surface area contributed by atoms with Crippen LogP contribution in [0.25, 0.3) is 0 Å². The summed E-state index contributed by atoms with van der Waals surface area (Å²) in [6.07, 6.45) is 5.75. The highest BCUT2D eigenvalue weighted by Crippen LogP contribution is 2.25. The minimum absolute atomic E-state index is 0.0312. The first kappa shape index (κ1) is 16.6. The average molecular weight is 329 g/mol. The maximum atomic E-state index is 11.9. The molecule has 1 amide bonds. The third-order valence-electron chi connectivity index (χ3n) is 4.03. The fourth-order valence-electron chi connectivity index (χ4n) is 2.74. The third-order valence-corrected chi connectivity index (χ3v) is 5.37. The number of carbonyl (C=O) groups is 1. The van der Waals surface area contributed by atoms with Crippen LogP contribution in [-0.4, -0.2) is 30.1 Å². The van der Waals surface area contributed by atoms with Gasteiger partial charge in [-0.3, -0.25) is 4.79 Å². The molecule has 1 fully saturated rings. The third kappa shape index (κ3) is 5.20. The first-order valence-corrected chi connectivity index (χ1v) is 8.85. The van der Waals surface area contributed by atoms with E-state index in [0.717, 1.165) is 20.9 Å². The van der Waals surface area contributed by atoms with Gasteiger partial charge >= 0.3 is 0 Å². The normalized spacial score (nSPS) is 22.2. The van der Waals surface area contributed by atoms with Gasteiger partial charge < -0.3 is 15.0 Å². The lowest BCUT2D eigenvalue weighted by molar-refractivity contribution is -0.120. The molecule has 0 bridgehead atoms. The molecule has 0 aromatic carbocycles. The SMILES string of the molecule is Cc1[nH]c(=S)sc1CC(=O)NCCO[C@@H]1CCCC[C@H]1C. The van der Waals surface area contributed by atoms with Crippen LogP contribution in [0.1, 0.15) is 43.2 Å². The van der Waals surface area contributed by atoms with Gasteiger partial charge in [0.25, 0.3) is 0 Å². The molecule has 0 saturated heterocycles. The van der Waals surface area contributed by atoms with Crippen LogP contribution in [0.3, 0.4) is 0 Å². The Morgan fingerprint density at radius 1 is 1.48 bits per heavy atom.